The largest absolute Gasteiger partial charge is 0.426 e. The molecule has 0 amide bonds. The minimum Gasteiger partial charge on any atom is -0.426 e. The Bertz CT molecular complexity index is 992. The van der Waals surface area contributed by atoms with Crippen molar-refractivity contribution in [2.45, 2.75) is 38.7 Å². The molecular formula is C23H21F2NO5. The van der Waals surface area contributed by atoms with E-state index in [-0.39, 0.29) is 29.3 Å². The number of esters is 2. The van der Waals surface area contributed by atoms with E-state index in [2.05, 4.69) is 0 Å². The lowest BCUT2D eigenvalue weighted by molar-refractivity contribution is -0.141. The van der Waals surface area contributed by atoms with E-state index in [1.807, 2.05) is 6.92 Å². The highest BCUT2D eigenvalue weighted by Gasteiger charge is 2.28. The lowest BCUT2D eigenvalue weighted by Crippen LogP contribution is -2.28. The van der Waals surface area contributed by atoms with Gasteiger partial charge in [0, 0.05) is 6.61 Å². The van der Waals surface area contributed by atoms with Crippen LogP contribution < -0.4 is 9.47 Å². The molecule has 3 rings (SSSR count). The van der Waals surface area contributed by atoms with Crippen LogP contribution in [-0.2, 0) is 9.53 Å². The van der Waals surface area contributed by atoms with Crippen LogP contribution in [0, 0.1) is 28.9 Å². The molecule has 0 N–H and O–H groups in total. The Labute approximate surface area is 178 Å². The van der Waals surface area contributed by atoms with Gasteiger partial charge in [-0.2, -0.15) is 9.65 Å². The van der Waals surface area contributed by atoms with Gasteiger partial charge in [0.25, 0.3) is 0 Å². The third-order valence-electron chi connectivity index (χ3n) is 5.09. The van der Waals surface area contributed by atoms with E-state index in [9.17, 15) is 18.4 Å². The van der Waals surface area contributed by atoms with E-state index in [4.69, 9.17) is 19.5 Å². The Kier molecular flexibility index (Phi) is 7.32. The quantitative estimate of drug-likeness (QED) is 0.494. The third kappa shape index (κ3) is 5.44. The van der Waals surface area contributed by atoms with Crippen LogP contribution in [0.3, 0.4) is 0 Å². The first kappa shape index (κ1) is 22.4. The molecule has 2 aromatic rings. The van der Waals surface area contributed by atoms with E-state index < -0.39 is 28.9 Å². The van der Waals surface area contributed by atoms with Crippen molar-refractivity contribution in [3.05, 3.63) is 59.2 Å². The maximum atomic E-state index is 13.9. The smallest absolute Gasteiger partial charge is 0.343 e. The summed E-state index contributed by atoms with van der Waals surface area (Å²) in [5, 5.41) is 8.69. The molecule has 2 aromatic carbocycles. The number of hydrogen-bond acceptors (Lipinski definition) is 6. The van der Waals surface area contributed by atoms with Crippen LogP contribution >= 0.6 is 0 Å². The molecule has 0 bridgehead atoms. The van der Waals surface area contributed by atoms with Crippen molar-refractivity contribution < 1.29 is 32.6 Å². The van der Waals surface area contributed by atoms with E-state index in [0.29, 0.717) is 19.4 Å². The molecule has 6 nitrogen and oxygen atoms in total. The van der Waals surface area contributed by atoms with Gasteiger partial charge in [0.1, 0.15) is 11.8 Å². The predicted molar refractivity (Wildman–Crippen MR) is 105 cm³/mol. The Hall–Kier alpha value is -3.31. The van der Waals surface area contributed by atoms with Crippen molar-refractivity contribution in [1.29, 1.82) is 5.26 Å². The summed E-state index contributed by atoms with van der Waals surface area (Å²) in [5.74, 6) is -4.61. The van der Waals surface area contributed by atoms with Crippen molar-refractivity contribution in [3.8, 4) is 17.6 Å². The minimum atomic E-state index is -1.42. The molecule has 162 valence electrons. The van der Waals surface area contributed by atoms with Crippen LogP contribution in [0.2, 0.25) is 0 Å². The highest BCUT2D eigenvalue weighted by atomic mass is 19.2. The molecule has 0 unspecified atom stereocenters. The predicted octanol–water partition coefficient (Wildman–Crippen LogP) is 4.56. The molecular weight excluding hydrogens is 408 g/mol. The topological polar surface area (TPSA) is 85.6 Å². The molecule has 1 saturated carbocycles. The minimum absolute atomic E-state index is 0.0567. The van der Waals surface area contributed by atoms with Gasteiger partial charge in [-0.1, -0.05) is 0 Å². The fourth-order valence-electron chi connectivity index (χ4n) is 3.42. The fourth-order valence-corrected chi connectivity index (χ4v) is 3.42. The van der Waals surface area contributed by atoms with Gasteiger partial charge in [-0.3, -0.25) is 4.79 Å². The molecule has 0 saturated heterocycles. The van der Waals surface area contributed by atoms with Gasteiger partial charge in [-0.05, 0) is 69.0 Å². The van der Waals surface area contributed by atoms with Crippen molar-refractivity contribution in [2.75, 3.05) is 6.61 Å². The third-order valence-corrected chi connectivity index (χ3v) is 5.09. The van der Waals surface area contributed by atoms with Crippen LogP contribution in [0.4, 0.5) is 8.78 Å². The molecule has 0 aromatic heterocycles. The molecule has 0 radical (unpaired) electrons. The van der Waals surface area contributed by atoms with Gasteiger partial charge in [0.2, 0.25) is 5.82 Å². The van der Waals surface area contributed by atoms with E-state index in [1.165, 1.54) is 30.3 Å². The van der Waals surface area contributed by atoms with Crippen LogP contribution in [0.15, 0.2) is 36.4 Å². The molecule has 8 heteroatoms. The standard InChI is InChI=1S/C23H21F2NO5/c1-2-29-17-8-3-14(4-9-17)22(27)30-18-10-5-15(6-11-18)23(28)31-19-12-7-16(13-26)20(24)21(19)25/h5-7,10-12,14,17H,2-4,8-9H2,1H3. The van der Waals surface area contributed by atoms with Crippen LogP contribution in [0.5, 0.6) is 11.5 Å². The monoisotopic (exact) mass is 429 g/mol. The fraction of sp³-hybridized carbons (Fsp3) is 0.348. The summed E-state index contributed by atoms with van der Waals surface area (Å²) >= 11 is 0. The Balaban J connectivity index is 1.58. The number of halogens is 2. The van der Waals surface area contributed by atoms with Gasteiger partial charge >= 0.3 is 11.9 Å². The average molecular weight is 429 g/mol. The second-order valence-corrected chi connectivity index (χ2v) is 7.11. The highest BCUT2D eigenvalue weighted by Crippen LogP contribution is 2.28. The molecule has 0 atom stereocenters. The summed E-state index contributed by atoms with van der Waals surface area (Å²) in [5.41, 5.74) is -0.434. The number of nitriles is 1. The van der Waals surface area contributed by atoms with Gasteiger partial charge < -0.3 is 14.2 Å². The highest BCUT2D eigenvalue weighted by molar-refractivity contribution is 5.91. The number of ether oxygens (including phenoxy) is 3. The summed E-state index contributed by atoms with van der Waals surface area (Å²) in [6, 6.07) is 9.09. The van der Waals surface area contributed by atoms with Crippen LogP contribution in [-0.4, -0.2) is 24.6 Å². The Morgan fingerprint density at radius 2 is 1.68 bits per heavy atom. The number of benzene rings is 2. The maximum absolute atomic E-state index is 13.9. The van der Waals surface area contributed by atoms with Crippen molar-refractivity contribution in [2.24, 2.45) is 5.92 Å². The molecule has 31 heavy (non-hydrogen) atoms. The first-order chi connectivity index (χ1) is 14.9. The number of carbonyl (C=O) groups is 2. The van der Waals surface area contributed by atoms with Gasteiger partial charge in [0.15, 0.2) is 11.6 Å². The van der Waals surface area contributed by atoms with Crippen LogP contribution in [0.1, 0.15) is 48.5 Å². The van der Waals surface area contributed by atoms with Gasteiger partial charge in [0.05, 0.1) is 23.1 Å². The molecule has 1 aliphatic rings. The SMILES string of the molecule is CCOC1CCC(C(=O)Oc2ccc(C(=O)Oc3ccc(C#N)c(F)c3F)cc2)CC1. The number of carbonyl (C=O) groups excluding carboxylic acids is 2. The average Bonchev–Trinajstić information content (AvgIpc) is 2.78. The molecule has 1 fully saturated rings. The summed E-state index contributed by atoms with van der Waals surface area (Å²) in [7, 11) is 0. The first-order valence-corrected chi connectivity index (χ1v) is 9.96. The normalized spacial score (nSPS) is 18.1. The maximum Gasteiger partial charge on any atom is 0.343 e. The Morgan fingerprint density at radius 3 is 2.29 bits per heavy atom. The lowest BCUT2D eigenvalue weighted by Gasteiger charge is -2.26. The zero-order valence-corrected chi connectivity index (χ0v) is 16.9. The van der Waals surface area contributed by atoms with Gasteiger partial charge in [-0.25, -0.2) is 9.18 Å². The Morgan fingerprint density at radius 1 is 1.00 bits per heavy atom. The first-order valence-electron chi connectivity index (χ1n) is 9.96. The number of hydrogen-bond donors (Lipinski definition) is 0. The van der Waals surface area contributed by atoms with E-state index in [0.717, 1.165) is 25.0 Å². The van der Waals surface area contributed by atoms with Crippen molar-refractivity contribution in [1.82, 2.24) is 0 Å². The molecule has 1 aliphatic carbocycles. The number of nitrogens with zero attached hydrogens (tertiary/aromatic N) is 1. The summed E-state index contributed by atoms with van der Waals surface area (Å²) in [6.07, 6.45) is 3.20. The molecule has 0 spiro atoms. The zero-order chi connectivity index (χ0) is 22.4. The van der Waals surface area contributed by atoms with E-state index >= 15 is 0 Å². The number of rotatable bonds is 6. The summed E-state index contributed by atoms with van der Waals surface area (Å²) in [6.45, 7) is 2.60. The lowest BCUT2D eigenvalue weighted by atomic mass is 9.87. The van der Waals surface area contributed by atoms with E-state index in [1.54, 1.807) is 0 Å². The summed E-state index contributed by atoms with van der Waals surface area (Å²) < 4.78 is 43.4. The molecule has 0 aliphatic heterocycles. The second kappa shape index (κ2) is 10.1. The van der Waals surface area contributed by atoms with Crippen molar-refractivity contribution in [3.63, 3.8) is 0 Å². The van der Waals surface area contributed by atoms with Gasteiger partial charge in [-0.15, -0.1) is 0 Å². The van der Waals surface area contributed by atoms with Crippen molar-refractivity contribution >= 4 is 11.9 Å². The molecule has 0 heterocycles. The van der Waals surface area contributed by atoms with Crippen LogP contribution in [0.25, 0.3) is 0 Å². The summed E-state index contributed by atoms with van der Waals surface area (Å²) in [4.78, 5) is 24.6. The second-order valence-electron chi connectivity index (χ2n) is 7.11. The zero-order valence-electron chi connectivity index (χ0n) is 16.9.